The van der Waals surface area contributed by atoms with Gasteiger partial charge in [0, 0.05) is 39.4 Å². The lowest BCUT2D eigenvalue weighted by Gasteiger charge is -2.14. The first-order chi connectivity index (χ1) is 18.4. The van der Waals surface area contributed by atoms with Crippen LogP contribution in [0.25, 0.3) is 0 Å². The molecule has 0 heterocycles. The number of carboxylic acids is 2. The number of rotatable bonds is 29. The molecule has 0 unspecified atom stereocenters. The number of nitrogens with one attached hydrogen (secondary N) is 1. The van der Waals surface area contributed by atoms with E-state index in [2.05, 4.69) is 5.32 Å². The first-order valence-electron chi connectivity index (χ1n) is 14.7. The molecule has 0 saturated heterocycles. The fourth-order valence-corrected chi connectivity index (χ4v) is 4.25. The van der Waals surface area contributed by atoms with Crippen LogP contribution in [0.5, 0.6) is 0 Å². The Bertz CT molecular complexity index is 626. The molecule has 0 saturated carbocycles. The maximum absolute atomic E-state index is 12.2. The Morgan fingerprint density at radius 2 is 1.11 bits per heavy atom. The third-order valence-corrected chi connectivity index (χ3v) is 6.57. The number of Topliss-reactive ketones (excluding diaryl/α,β-unsaturated/α-hetero) is 1. The number of aliphatic carboxylic acids is 2. The Kier molecular flexibility index (Phi) is 25.2. The van der Waals surface area contributed by atoms with Crippen LogP contribution in [-0.2, 0) is 28.7 Å². The van der Waals surface area contributed by atoms with Gasteiger partial charge in [0.2, 0.25) is 5.91 Å². The summed E-state index contributed by atoms with van der Waals surface area (Å²) in [5.74, 6) is -2.10. The Labute approximate surface area is 229 Å². The molecule has 0 aromatic heterocycles. The lowest BCUT2D eigenvalue weighted by molar-refractivity contribution is -0.142. The SMILES string of the molecule is COCCOCCCC(=O)CC[C@H](NC(=O)CCCCCCCCCCCCCCCCC(=O)O)C(=O)O. The van der Waals surface area contributed by atoms with Crippen molar-refractivity contribution in [3.8, 4) is 0 Å². The molecule has 0 radical (unpaired) electrons. The Morgan fingerprint density at radius 3 is 1.58 bits per heavy atom. The molecule has 38 heavy (non-hydrogen) atoms. The van der Waals surface area contributed by atoms with Gasteiger partial charge in [-0.25, -0.2) is 4.79 Å². The standard InChI is InChI=1S/C29H53NO8/c1-37-23-24-38-22-16-17-25(31)20-21-26(29(35)36)30-27(32)18-14-12-10-8-6-4-2-3-5-7-9-11-13-15-19-28(33)34/h26H,2-24H2,1H3,(H,30,32)(H,33,34)(H,35,36)/t26-/m0/s1. The number of unbranched alkanes of at least 4 members (excludes halogenated alkanes) is 13. The lowest BCUT2D eigenvalue weighted by Crippen LogP contribution is -2.41. The fraction of sp³-hybridized carbons (Fsp3) is 0.862. The van der Waals surface area contributed by atoms with Crippen molar-refractivity contribution in [2.24, 2.45) is 0 Å². The highest BCUT2D eigenvalue weighted by atomic mass is 16.5. The highest BCUT2D eigenvalue weighted by Gasteiger charge is 2.20. The van der Waals surface area contributed by atoms with Crippen molar-refractivity contribution in [2.75, 3.05) is 26.9 Å². The van der Waals surface area contributed by atoms with Crippen LogP contribution in [0.15, 0.2) is 0 Å². The van der Waals surface area contributed by atoms with Crippen molar-refractivity contribution in [1.29, 1.82) is 0 Å². The number of hydrogen-bond acceptors (Lipinski definition) is 6. The Balaban J connectivity index is 3.63. The van der Waals surface area contributed by atoms with Gasteiger partial charge in [0.25, 0.3) is 0 Å². The first kappa shape index (κ1) is 36.0. The Hall–Kier alpha value is -2.00. The molecule has 0 fully saturated rings. The smallest absolute Gasteiger partial charge is 0.326 e. The van der Waals surface area contributed by atoms with Gasteiger partial charge >= 0.3 is 11.9 Å². The van der Waals surface area contributed by atoms with Crippen LogP contribution in [0.2, 0.25) is 0 Å². The highest BCUT2D eigenvalue weighted by molar-refractivity contribution is 5.84. The zero-order chi connectivity index (χ0) is 28.3. The molecule has 0 bridgehead atoms. The molecule has 0 spiro atoms. The van der Waals surface area contributed by atoms with Gasteiger partial charge in [0.05, 0.1) is 13.2 Å². The topological polar surface area (TPSA) is 139 Å². The summed E-state index contributed by atoms with van der Waals surface area (Å²) >= 11 is 0. The maximum Gasteiger partial charge on any atom is 0.326 e. The number of ketones is 1. The van der Waals surface area contributed by atoms with Gasteiger partial charge in [0.15, 0.2) is 0 Å². The second kappa shape index (κ2) is 26.6. The van der Waals surface area contributed by atoms with Crippen LogP contribution in [0.4, 0.5) is 0 Å². The van der Waals surface area contributed by atoms with Crippen LogP contribution in [0, 0.1) is 0 Å². The van der Waals surface area contributed by atoms with Crippen molar-refractivity contribution in [2.45, 2.75) is 134 Å². The predicted molar refractivity (Wildman–Crippen MR) is 147 cm³/mol. The van der Waals surface area contributed by atoms with Gasteiger partial charge in [-0.2, -0.15) is 0 Å². The second-order valence-corrected chi connectivity index (χ2v) is 10.1. The minimum Gasteiger partial charge on any atom is -0.481 e. The summed E-state index contributed by atoms with van der Waals surface area (Å²) in [5.41, 5.74) is 0. The molecule has 0 aliphatic heterocycles. The monoisotopic (exact) mass is 543 g/mol. The largest absolute Gasteiger partial charge is 0.481 e. The van der Waals surface area contributed by atoms with Gasteiger partial charge in [-0.15, -0.1) is 0 Å². The van der Waals surface area contributed by atoms with Crippen molar-refractivity contribution in [3.63, 3.8) is 0 Å². The van der Waals surface area contributed by atoms with E-state index >= 15 is 0 Å². The molecule has 9 heteroatoms. The number of carboxylic acid groups (broad SMARTS) is 2. The third kappa shape index (κ3) is 25.6. The van der Waals surface area contributed by atoms with Crippen molar-refractivity contribution >= 4 is 23.6 Å². The molecule has 3 N–H and O–H groups in total. The summed E-state index contributed by atoms with van der Waals surface area (Å²) in [5, 5.41) is 20.5. The third-order valence-electron chi connectivity index (χ3n) is 6.57. The van der Waals surface area contributed by atoms with E-state index in [1.54, 1.807) is 7.11 Å². The minimum atomic E-state index is -1.11. The minimum absolute atomic E-state index is 0.0224. The van der Waals surface area contributed by atoms with Crippen molar-refractivity contribution in [3.05, 3.63) is 0 Å². The summed E-state index contributed by atoms with van der Waals surface area (Å²) in [6.45, 7) is 1.46. The van der Waals surface area contributed by atoms with Crippen LogP contribution >= 0.6 is 0 Å². The van der Waals surface area contributed by atoms with Gasteiger partial charge in [-0.1, -0.05) is 77.0 Å². The van der Waals surface area contributed by atoms with E-state index in [-0.39, 0.29) is 31.0 Å². The normalized spacial score (nSPS) is 11.8. The van der Waals surface area contributed by atoms with E-state index in [9.17, 15) is 24.3 Å². The second-order valence-electron chi connectivity index (χ2n) is 10.1. The molecule has 0 aliphatic carbocycles. The summed E-state index contributed by atoms with van der Waals surface area (Å²) in [4.78, 5) is 46.1. The van der Waals surface area contributed by atoms with Crippen LogP contribution in [0.1, 0.15) is 128 Å². The van der Waals surface area contributed by atoms with E-state index in [0.717, 1.165) is 44.9 Å². The van der Waals surface area contributed by atoms with Gasteiger partial charge < -0.3 is 25.0 Å². The van der Waals surface area contributed by atoms with Crippen LogP contribution in [0.3, 0.4) is 0 Å². The number of methoxy groups -OCH3 is 1. The molecule has 0 aromatic carbocycles. The number of amides is 1. The van der Waals surface area contributed by atoms with E-state index in [1.165, 1.54) is 44.9 Å². The van der Waals surface area contributed by atoms with E-state index in [0.29, 0.717) is 39.1 Å². The summed E-state index contributed by atoms with van der Waals surface area (Å²) in [7, 11) is 1.59. The first-order valence-corrected chi connectivity index (χ1v) is 14.7. The fourth-order valence-electron chi connectivity index (χ4n) is 4.25. The zero-order valence-corrected chi connectivity index (χ0v) is 23.7. The number of carbonyl (C=O) groups is 4. The van der Waals surface area contributed by atoms with E-state index in [1.807, 2.05) is 0 Å². The van der Waals surface area contributed by atoms with Crippen LogP contribution < -0.4 is 5.32 Å². The molecule has 1 amide bonds. The van der Waals surface area contributed by atoms with Gasteiger partial charge in [-0.3, -0.25) is 14.4 Å². The maximum atomic E-state index is 12.2. The average molecular weight is 544 g/mol. The molecular formula is C29H53NO8. The van der Waals surface area contributed by atoms with E-state index in [4.69, 9.17) is 14.6 Å². The molecule has 9 nitrogen and oxygen atoms in total. The quantitative estimate of drug-likeness (QED) is 0.102. The van der Waals surface area contributed by atoms with Gasteiger partial charge in [0.1, 0.15) is 11.8 Å². The summed E-state index contributed by atoms with van der Waals surface area (Å²) < 4.78 is 10.2. The van der Waals surface area contributed by atoms with Crippen molar-refractivity contribution < 1.29 is 38.9 Å². The summed E-state index contributed by atoms with van der Waals surface area (Å²) in [6.07, 6.45) is 17.3. The van der Waals surface area contributed by atoms with Gasteiger partial charge in [-0.05, 0) is 25.7 Å². The highest BCUT2D eigenvalue weighted by Crippen LogP contribution is 2.14. The predicted octanol–water partition coefficient (Wildman–Crippen LogP) is 5.67. The van der Waals surface area contributed by atoms with Crippen LogP contribution in [-0.4, -0.2) is 66.8 Å². The average Bonchev–Trinajstić information content (AvgIpc) is 2.87. The number of ether oxygens (including phenoxy) is 2. The molecule has 222 valence electrons. The number of carbonyl (C=O) groups excluding carboxylic acids is 2. The zero-order valence-electron chi connectivity index (χ0n) is 23.7. The molecule has 0 aliphatic rings. The molecule has 0 rings (SSSR count). The molecule has 0 aromatic rings. The summed E-state index contributed by atoms with van der Waals surface area (Å²) in [6, 6.07) is -1.03. The van der Waals surface area contributed by atoms with E-state index < -0.39 is 18.0 Å². The lowest BCUT2D eigenvalue weighted by atomic mass is 10.0. The van der Waals surface area contributed by atoms with Crippen molar-refractivity contribution in [1.82, 2.24) is 5.32 Å². The molecular weight excluding hydrogens is 490 g/mol. The number of hydrogen-bond donors (Lipinski definition) is 3. The molecule has 1 atom stereocenters. The Morgan fingerprint density at radius 1 is 0.605 bits per heavy atom.